The SMILES string of the molecule is OC[C@H]1O[C@H](On2cnc3c(I)ncnc32)[C@@H](O)[C@@H]1O. The summed E-state index contributed by atoms with van der Waals surface area (Å²) in [6.07, 6.45) is -1.76. The van der Waals surface area contributed by atoms with Crippen molar-refractivity contribution in [2.24, 2.45) is 0 Å². The second-order valence-corrected chi connectivity index (χ2v) is 5.24. The predicted molar refractivity (Wildman–Crippen MR) is 72.4 cm³/mol. The van der Waals surface area contributed by atoms with E-state index in [0.717, 1.165) is 0 Å². The van der Waals surface area contributed by atoms with Crippen LogP contribution < -0.4 is 4.84 Å². The second-order valence-electron chi connectivity index (χ2n) is 4.22. The quantitative estimate of drug-likeness (QED) is 0.416. The zero-order valence-corrected chi connectivity index (χ0v) is 12.2. The summed E-state index contributed by atoms with van der Waals surface area (Å²) in [6, 6.07) is 0. The summed E-state index contributed by atoms with van der Waals surface area (Å²) in [5, 5.41) is 28.5. The minimum Gasteiger partial charge on any atom is -0.394 e. The fourth-order valence-electron chi connectivity index (χ4n) is 1.93. The van der Waals surface area contributed by atoms with Gasteiger partial charge < -0.3 is 24.9 Å². The smallest absolute Gasteiger partial charge is 0.254 e. The molecule has 10 heteroatoms. The van der Waals surface area contributed by atoms with E-state index in [1.54, 1.807) is 0 Å². The van der Waals surface area contributed by atoms with Gasteiger partial charge in [-0.05, 0) is 22.6 Å². The molecule has 0 radical (unpaired) electrons. The van der Waals surface area contributed by atoms with Crippen molar-refractivity contribution in [3.8, 4) is 0 Å². The van der Waals surface area contributed by atoms with Crippen molar-refractivity contribution < 1.29 is 24.9 Å². The van der Waals surface area contributed by atoms with Gasteiger partial charge in [0.2, 0.25) is 0 Å². The first-order valence-corrected chi connectivity index (χ1v) is 6.83. The summed E-state index contributed by atoms with van der Waals surface area (Å²) in [6.45, 7) is -0.414. The zero-order chi connectivity index (χ0) is 14.3. The number of aliphatic hydroxyl groups excluding tert-OH is 3. The summed E-state index contributed by atoms with van der Waals surface area (Å²) >= 11 is 2.02. The Morgan fingerprint density at radius 3 is 2.80 bits per heavy atom. The van der Waals surface area contributed by atoms with Crippen LogP contribution in [-0.4, -0.2) is 66.2 Å². The third-order valence-corrected chi connectivity index (χ3v) is 3.76. The number of imidazole rings is 1. The molecule has 4 atom stereocenters. The minimum atomic E-state index is -1.27. The maximum absolute atomic E-state index is 9.81. The number of hydrogen-bond donors (Lipinski definition) is 3. The van der Waals surface area contributed by atoms with E-state index in [4.69, 9.17) is 14.7 Å². The van der Waals surface area contributed by atoms with E-state index >= 15 is 0 Å². The van der Waals surface area contributed by atoms with E-state index in [0.29, 0.717) is 14.9 Å². The number of rotatable bonds is 3. The molecule has 0 saturated carbocycles. The maximum Gasteiger partial charge on any atom is 0.254 e. The van der Waals surface area contributed by atoms with Gasteiger partial charge in [0.15, 0.2) is 5.65 Å². The zero-order valence-electron chi connectivity index (χ0n) is 10.00. The average Bonchev–Trinajstić information content (AvgIpc) is 2.97. The van der Waals surface area contributed by atoms with E-state index in [2.05, 4.69) is 15.0 Å². The van der Waals surface area contributed by atoms with Gasteiger partial charge in [-0.3, -0.25) is 0 Å². The molecule has 3 rings (SSSR count). The Labute approximate surface area is 126 Å². The molecule has 1 saturated heterocycles. The highest BCUT2D eigenvalue weighted by Crippen LogP contribution is 2.21. The molecule has 3 heterocycles. The number of aromatic nitrogens is 4. The molecule has 0 unspecified atom stereocenters. The van der Waals surface area contributed by atoms with Crippen LogP contribution in [0.4, 0.5) is 0 Å². The van der Waals surface area contributed by atoms with Crippen LogP contribution in [0.15, 0.2) is 12.7 Å². The summed E-state index contributed by atoms with van der Waals surface area (Å²) in [5.74, 6) is 0. The highest BCUT2D eigenvalue weighted by molar-refractivity contribution is 14.1. The van der Waals surface area contributed by atoms with Crippen molar-refractivity contribution in [3.63, 3.8) is 0 Å². The Hall–Kier alpha value is -1.08. The molecule has 1 aliphatic rings. The Bertz CT molecular complexity index is 623. The van der Waals surface area contributed by atoms with Gasteiger partial charge in [-0.15, -0.1) is 4.73 Å². The van der Waals surface area contributed by atoms with Crippen LogP contribution in [-0.2, 0) is 4.74 Å². The first-order valence-electron chi connectivity index (χ1n) is 5.75. The summed E-state index contributed by atoms with van der Waals surface area (Å²) in [7, 11) is 0. The number of ether oxygens (including phenoxy) is 1. The van der Waals surface area contributed by atoms with Crippen molar-refractivity contribution in [1.82, 2.24) is 19.7 Å². The molecule has 108 valence electrons. The van der Waals surface area contributed by atoms with Crippen molar-refractivity contribution in [2.75, 3.05) is 6.61 Å². The molecule has 2 aromatic rings. The van der Waals surface area contributed by atoms with Crippen molar-refractivity contribution in [3.05, 3.63) is 16.4 Å². The van der Waals surface area contributed by atoms with Crippen LogP contribution in [0.1, 0.15) is 0 Å². The van der Waals surface area contributed by atoms with Gasteiger partial charge in [-0.25, -0.2) is 15.0 Å². The molecule has 3 N–H and O–H groups in total. The molecule has 0 spiro atoms. The van der Waals surface area contributed by atoms with Crippen LogP contribution >= 0.6 is 22.6 Å². The molecular weight excluding hydrogens is 383 g/mol. The van der Waals surface area contributed by atoms with E-state index in [-0.39, 0.29) is 0 Å². The Morgan fingerprint density at radius 2 is 2.10 bits per heavy atom. The highest BCUT2D eigenvalue weighted by Gasteiger charge is 2.44. The lowest BCUT2D eigenvalue weighted by atomic mass is 10.1. The van der Waals surface area contributed by atoms with E-state index < -0.39 is 31.2 Å². The van der Waals surface area contributed by atoms with Gasteiger partial charge in [0.25, 0.3) is 6.29 Å². The molecule has 0 aliphatic carbocycles. The number of fused-ring (bicyclic) bond motifs is 1. The summed E-state index contributed by atoms with van der Waals surface area (Å²) < 4.78 is 7.12. The first-order chi connectivity index (χ1) is 9.61. The minimum absolute atomic E-state index is 0.414. The molecule has 9 nitrogen and oxygen atoms in total. The number of nitrogens with zero attached hydrogens (tertiary/aromatic N) is 4. The van der Waals surface area contributed by atoms with Crippen LogP contribution in [0.2, 0.25) is 0 Å². The van der Waals surface area contributed by atoms with Gasteiger partial charge in [0, 0.05) is 0 Å². The molecule has 1 fully saturated rings. The third kappa shape index (κ3) is 2.22. The molecule has 0 aromatic carbocycles. The topological polar surface area (TPSA) is 123 Å². The van der Waals surface area contributed by atoms with E-state index in [9.17, 15) is 10.2 Å². The normalized spacial score (nSPS) is 30.0. The molecule has 1 aliphatic heterocycles. The number of aliphatic hydroxyl groups is 3. The highest BCUT2D eigenvalue weighted by atomic mass is 127. The van der Waals surface area contributed by atoms with Crippen molar-refractivity contribution in [1.29, 1.82) is 0 Å². The van der Waals surface area contributed by atoms with Crippen LogP contribution in [0, 0.1) is 3.70 Å². The van der Waals surface area contributed by atoms with E-state index in [1.807, 2.05) is 22.6 Å². The summed E-state index contributed by atoms with van der Waals surface area (Å²) in [5.41, 5.74) is 0.974. The molecule has 0 amide bonds. The van der Waals surface area contributed by atoms with Gasteiger partial charge in [-0.1, -0.05) is 0 Å². The van der Waals surface area contributed by atoms with Gasteiger partial charge >= 0.3 is 0 Å². The molecular formula is C10H11IN4O5. The van der Waals surface area contributed by atoms with Gasteiger partial charge in [0.05, 0.1) is 6.61 Å². The van der Waals surface area contributed by atoms with Crippen molar-refractivity contribution in [2.45, 2.75) is 24.6 Å². The first kappa shape index (κ1) is 13.9. The Kier molecular flexibility index (Phi) is 3.72. The number of hydrogen-bond acceptors (Lipinski definition) is 8. The van der Waals surface area contributed by atoms with Gasteiger partial charge in [0.1, 0.15) is 40.2 Å². The van der Waals surface area contributed by atoms with E-state index in [1.165, 1.54) is 17.4 Å². The van der Waals surface area contributed by atoms with Crippen LogP contribution in [0.25, 0.3) is 11.2 Å². The molecule has 2 aromatic heterocycles. The second kappa shape index (κ2) is 5.37. The molecule has 20 heavy (non-hydrogen) atoms. The monoisotopic (exact) mass is 394 g/mol. The Morgan fingerprint density at radius 1 is 1.30 bits per heavy atom. The van der Waals surface area contributed by atoms with Gasteiger partial charge in [-0.2, -0.15) is 0 Å². The lowest BCUT2D eigenvalue weighted by Gasteiger charge is -2.16. The fourth-order valence-corrected chi connectivity index (χ4v) is 2.43. The van der Waals surface area contributed by atoms with Crippen LogP contribution in [0.5, 0.6) is 0 Å². The lowest BCUT2D eigenvalue weighted by molar-refractivity contribution is -0.169. The maximum atomic E-state index is 9.81. The fraction of sp³-hybridized carbons (Fsp3) is 0.500. The predicted octanol–water partition coefficient (Wildman–Crippen LogP) is -1.70. The standard InChI is InChI=1S/C10H11IN4O5/c11-8-5-9(13-2-12-8)15(3-14-5)20-10-7(18)6(17)4(1-16)19-10/h2-4,6-7,10,16-18H,1H2/t4-,6-,7+,10-/m1/s1. The Balaban J connectivity index is 1.85. The lowest BCUT2D eigenvalue weighted by Crippen LogP contribution is -2.38. The largest absolute Gasteiger partial charge is 0.394 e. The van der Waals surface area contributed by atoms with Crippen LogP contribution in [0.3, 0.4) is 0 Å². The number of halogens is 1. The average molecular weight is 394 g/mol. The summed E-state index contributed by atoms with van der Waals surface area (Å²) in [4.78, 5) is 17.5. The third-order valence-electron chi connectivity index (χ3n) is 2.97. The molecule has 0 bridgehead atoms. The van der Waals surface area contributed by atoms with Crippen molar-refractivity contribution >= 4 is 33.8 Å².